The monoisotopic (exact) mass is 574 g/mol. The SMILES string of the molecule is COC(=O)c1ccc(C(=O)CCOOCCCC(CCO)CCCOOCCC(=O)c2ccc(C(=O)O)cc2)cc1. The van der Waals surface area contributed by atoms with Crippen LogP contribution in [-0.2, 0) is 24.3 Å². The van der Waals surface area contributed by atoms with Gasteiger partial charge < -0.3 is 14.9 Å². The smallest absolute Gasteiger partial charge is 0.337 e. The van der Waals surface area contributed by atoms with Crippen molar-refractivity contribution in [3.05, 3.63) is 70.8 Å². The van der Waals surface area contributed by atoms with E-state index in [9.17, 15) is 24.3 Å². The minimum absolute atomic E-state index is 0.0810. The first kappa shape index (κ1) is 33.7. The maximum Gasteiger partial charge on any atom is 0.337 e. The first-order valence-electron chi connectivity index (χ1n) is 13.5. The lowest BCUT2D eigenvalue weighted by Crippen LogP contribution is -2.10. The number of hydrogen-bond acceptors (Lipinski definition) is 10. The van der Waals surface area contributed by atoms with E-state index in [4.69, 9.17) is 24.7 Å². The van der Waals surface area contributed by atoms with Crippen LogP contribution in [-0.4, -0.2) is 73.9 Å². The number of aliphatic hydroxyl groups excluding tert-OH is 1. The number of carboxylic acids is 1. The summed E-state index contributed by atoms with van der Waals surface area (Å²) < 4.78 is 4.63. The fourth-order valence-corrected chi connectivity index (χ4v) is 3.98. The number of ketones is 2. The molecule has 0 radical (unpaired) electrons. The van der Waals surface area contributed by atoms with Crippen LogP contribution in [0.3, 0.4) is 0 Å². The average molecular weight is 575 g/mol. The van der Waals surface area contributed by atoms with Crippen molar-refractivity contribution in [2.24, 2.45) is 5.92 Å². The molecule has 0 saturated carbocycles. The van der Waals surface area contributed by atoms with Gasteiger partial charge in [-0.1, -0.05) is 24.3 Å². The highest BCUT2D eigenvalue weighted by atomic mass is 17.2. The van der Waals surface area contributed by atoms with Crippen LogP contribution >= 0.6 is 0 Å². The number of methoxy groups -OCH3 is 1. The number of benzene rings is 2. The summed E-state index contributed by atoms with van der Waals surface area (Å²) in [4.78, 5) is 67.2. The molecule has 41 heavy (non-hydrogen) atoms. The third-order valence-corrected chi connectivity index (χ3v) is 6.29. The molecule has 0 aliphatic rings. The molecule has 11 nitrogen and oxygen atoms in total. The van der Waals surface area contributed by atoms with Crippen LogP contribution in [0, 0.1) is 5.92 Å². The third kappa shape index (κ3) is 13.2. The molecule has 0 aliphatic heterocycles. The van der Waals surface area contributed by atoms with Gasteiger partial charge in [0.05, 0.1) is 44.7 Å². The van der Waals surface area contributed by atoms with Gasteiger partial charge in [0.1, 0.15) is 0 Å². The summed E-state index contributed by atoms with van der Waals surface area (Å²) in [7, 11) is 1.29. The zero-order valence-electron chi connectivity index (χ0n) is 23.3. The van der Waals surface area contributed by atoms with Crippen molar-refractivity contribution in [3.63, 3.8) is 0 Å². The van der Waals surface area contributed by atoms with Crippen LogP contribution in [0.1, 0.15) is 86.4 Å². The molecule has 2 N–H and O–H groups in total. The molecule has 2 rings (SSSR count). The molecule has 0 spiro atoms. The second kappa shape index (κ2) is 19.6. The Morgan fingerprint density at radius 3 is 1.46 bits per heavy atom. The van der Waals surface area contributed by atoms with Crippen molar-refractivity contribution in [1.29, 1.82) is 0 Å². The highest BCUT2D eigenvalue weighted by Crippen LogP contribution is 2.18. The minimum Gasteiger partial charge on any atom is -0.478 e. The number of aliphatic hydroxyl groups is 1. The summed E-state index contributed by atoms with van der Waals surface area (Å²) in [6, 6.07) is 11.9. The highest BCUT2D eigenvalue weighted by molar-refractivity contribution is 5.98. The van der Waals surface area contributed by atoms with Gasteiger partial charge in [0.2, 0.25) is 0 Å². The van der Waals surface area contributed by atoms with Crippen LogP contribution in [0.15, 0.2) is 48.5 Å². The molecule has 1 atom stereocenters. The second-order valence-corrected chi connectivity index (χ2v) is 9.25. The Morgan fingerprint density at radius 1 is 0.634 bits per heavy atom. The summed E-state index contributed by atoms with van der Waals surface area (Å²) in [5, 5.41) is 18.3. The number of carboxylic acid groups (broad SMARTS) is 1. The number of rotatable bonds is 22. The molecule has 0 aromatic heterocycles. The largest absolute Gasteiger partial charge is 0.478 e. The Labute approximate surface area is 239 Å². The van der Waals surface area contributed by atoms with Gasteiger partial charge in [-0.15, -0.1) is 0 Å². The first-order valence-corrected chi connectivity index (χ1v) is 13.5. The number of hydrogen-bond donors (Lipinski definition) is 2. The Kier molecular flexibility index (Phi) is 16.1. The zero-order chi connectivity index (χ0) is 29.9. The van der Waals surface area contributed by atoms with E-state index in [0.29, 0.717) is 36.3 Å². The van der Waals surface area contributed by atoms with Gasteiger partial charge in [-0.3, -0.25) is 9.59 Å². The van der Waals surface area contributed by atoms with Crippen LogP contribution < -0.4 is 0 Å². The molecule has 0 heterocycles. The molecule has 2 aromatic carbocycles. The summed E-state index contributed by atoms with van der Waals surface area (Å²) >= 11 is 0. The lowest BCUT2D eigenvalue weighted by molar-refractivity contribution is -0.294. The normalized spacial score (nSPS) is 11.7. The van der Waals surface area contributed by atoms with Crippen LogP contribution in [0.4, 0.5) is 0 Å². The van der Waals surface area contributed by atoms with Crippen LogP contribution in [0.2, 0.25) is 0 Å². The maximum atomic E-state index is 12.2. The Balaban J connectivity index is 1.50. The van der Waals surface area contributed by atoms with E-state index < -0.39 is 11.9 Å². The van der Waals surface area contributed by atoms with Gasteiger partial charge >= 0.3 is 11.9 Å². The predicted octanol–water partition coefficient (Wildman–Crippen LogP) is 4.47. The van der Waals surface area contributed by atoms with Crippen molar-refractivity contribution < 1.29 is 53.7 Å². The summed E-state index contributed by atoms with van der Waals surface area (Å²) in [6.07, 6.45) is 3.99. The number of aromatic carboxylic acids is 1. The van der Waals surface area contributed by atoms with Gasteiger partial charge in [0.15, 0.2) is 11.6 Å². The van der Waals surface area contributed by atoms with Crippen molar-refractivity contribution in [3.8, 4) is 0 Å². The molecule has 224 valence electrons. The highest BCUT2D eigenvalue weighted by Gasteiger charge is 2.12. The summed E-state index contributed by atoms with van der Waals surface area (Å²) in [6.45, 7) is 0.985. The molecule has 1 unspecified atom stereocenters. The second-order valence-electron chi connectivity index (χ2n) is 9.25. The van der Waals surface area contributed by atoms with E-state index in [2.05, 4.69) is 4.74 Å². The quantitative estimate of drug-likeness (QED) is 0.0672. The first-order chi connectivity index (χ1) is 19.8. The van der Waals surface area contributed by atoms with E-state index in [-0.39, 0.29) is 55.7 Å². The predicted molar refractivity (Wildman–Crippen MR) is 147 cm³/mol. The fourth-order valence-electron chi connectivity index (χ4n) is 3.98. The summed E-state index contributed by atoms with van der Waals surface area (Å²) in [5.74, 6) is -1.53. The molecule has 0 aliphatic carbocycles. The third-order valence-electron chi connectivity index (χ3n) is 6.29. The zero-order valence-corrected chi connectivity index (χ0v) is 23.3. The molecular formula is C30H38O11. The minimum atomic E-state index is -1.05. The molecule has 0 amide bonds. The van der Waals surface area contributed by atoms with Crippen LogP contribution in [0.25, 0.3) is 0 Å². The van der Waals surface area contributed by atoms with Gasteiger partial charge in [-0.2, -0.15) is 0 Å². The molecular weight excluding hydrogens is 536 g/mol. The van der Waals surface area contributed by atoms with Crippen molar-refractivity contribution in [2.45, 2.75) is 44.9 Å². The van der Waals surface area contributed by atoms with Crippen molar-refractivity contribution in [1.82, 2.24) is 0 Å². The molecule has 0 saturated heterocycles. The lowest BCUT2D eigenvalue weighted by Gasteiger charge is -2.15. The molecule has 0 bridgehead atoms. The Morgan fingerprint density at radius 2 is 1.05 bits per heavy atom. The van der Waals surface area contributed by atoms with Crippen LogP contribution in [0.5, 0.6) is 0 Å². The lowest BCUT2D eigenvalue weighted by atomic mass is 9.95. The Bertz CT molecular complexity index is 1080. The van der Waals surface area contributed by atoms with Gasteiger partial charge in [-0.25, -0.2) is 29.1 Å². The van der Waals surface area contributed by atoms with Gasteiger partial charge in [0.25, 0.3) is 0 Å². The van der Waals surface area contributed by atoms with Gasteiger partial charge in [0, 0.05) is 30.6 Å². The fraction of sp³-hybridized carbons (Fsp3) is 0.467. The van der Waals surface area contributed by atoms with Crippen molar-refractivity contribution in [2.75, 3.05) is 40.1 Å². The van der Waals surface area contributed by atoms with E-state index in [0.717, 1.165) is 25.7 Å². The number of esters is 1. The standard InChI is InChI=1S/C30H38O11/c1-37-30(36)26-12-8-24(9-13-26)28(33)16-21-41-39-19-3-5-22(14-17-31)4-2-18-38-40-20-15-27(32)23-6-10-25(11-7-23)29(34)35/h6-13,22,31H,2-5,14-21H2,1H3,(H,34,35). The molecule has 11 heteroatoms. The Hall–Kier alpha value is -3.48. The van der Waals surface area contributed by atoms with E-state index >= 15 is 0 Å². The number of carbonyl (C=O) groups excluding carboxylic acids is 3. The topological polar surface area (TPSA) is 155 Å². The van der Waals surface area contributed by atoms with Crippen molar-refractivity contribution >= 4 is 23.5 Å². The number of Topliss-reactive ketones (excluding diaryl/α,β-unsaturated/α-hetero) is 2. The molecule has 2 aromatic rings. The number of carbonyl (C=O) groups is 4. The maximum absolute atomic E-state index is 12.2. The van der Waals surface area contributed by atoms with E-state index in [1.54, 1.807) is 12.1 Å². The van der Waals surface area contributed by atoms with E-state index in [1.807, 2.05) is 0 Å². The van der Waals surface area contributed by atoms with E-state index in [1.165, 1.54) is 43.5 Å². The summed E-state index contributed by atoms with van der Waals surface area (Å²) in [5.41, 5.74) is 1.38. The number of ether oxygens (including phenoxy) is 1. The average Bonchev–Trinajstić information content (AvgIpc) is 2.99. The molecule has 0 fully saturated rings. The van der Waals surface area contributed by atoms with Gasteiger partial charge in [-0.05, 0) is 62.3 Å².